The Balaban J connectivity index is 1.62. The number of nitrogens with zero attached hydrogens (tertiary/aromatic N) is 2. The molecule has 0 saturated carbocycles. The Hall–Kier alpha value is -2.40. The zero-order valence-corrected chi connectivity index (χ0v) is 14.7. The van der Waals surface area contributed by atoms with Crippen molar-refractivity contribution in [2.75, 3.05) is 31.1 Å². The highest BCUT2D eigenvalue weighted by atomic mass is 16.1. The minimum Gasteiger partial charge on any atom is -0.353 e. The number of amides is 1. The van der Waals surface area contributed by atoms with Gasteiger partial charge < -0.3 is 15.5 Å². The van der Waals surface area contributed by atoms with Crippen LogP contribution in [-0.2, 0) is 0 Å². The van der Waals surface area contributed by atoms with Gasteiger partial charge in [0, 0.05) is 38.4 Å². The van der Waals surface area contributed by atoms with E-state index in [-0.39, 0.29) is 5.91 Å². The Bertz CT molecular complexity index is 672. The van der Waals surface area contributed by atoms with Gasteiger partial charge in [0.25, 0.3) is 5.91 Å². The fourth-order valence-corrected chi connectivity index (χ4v) is 3.05. The number of anilines is 1. The fourth-order valence-electron chi connectivity index (χ4n) is 3.05. The molecule has 25 heavy (non-hydrogen) atoms. The number of nitrogens with one attached hydrogen (secondary N) is 2. The first-order chi connectivity index (χ1) is 12.3. The summed E-state index contributed by atoms with van der Waals surface area (Å²) in [7, 11) is 0. The van der Waals surface area contributed by atoms with Gasteiger partial charge in [-0.25, -0.2) is 4.98 Å². The molecule has 1 aromatic heterocycles. The Morgan fingerprint density at radius 3 is 2.84 bits per heavy atom. The van der Waals surface area contributed by atoms with Gasteiger partial charge in [0.15, 0.2) is 0 Å². The molecule has 1 unspecified atom stereocenters. The molecular weight excluding hydrogens is 312 g/mol. The van der Waals surface area contributed by atoms with Crippen molar-refractivity contribution in [1.29, 1.82) is 0 Å². The first-order valence-corrected chi connectivity index (χ1v) is 9.05. The summed E-state index contributed by atoms with van der Waals surface area (Å²) in [6, 6.07) is 14.6. The van der Waals surface area contributed by atoms with E-state index in [1.54, 1.807) is 6.20 Å². The monoisotopic (exact) mass is 338 g/mol. The van der Waals surface area contributed by atoms with Crippen LogP contribution >= 0.6 is 0 Å². The van der Waals surface area contributed by atoms with E-state index >= 15 is 0 Å². The molecule has 0 bridgehead atoms. The molecule has 0 radical (unpaired) electrons. The predicted molar refractivity (Wildman–Crippen MR) is 101 cm³/mol. The van der Waals surface area contributed by atoms with Gasteiger partial charge in [-0.1, -0.05) is 43.7 Å². The van der Waals surface area contributed by atoms with Crippen LogP contribution in [0.5, 0.6) is 0 Å². The van der Waals surface area contributed by atoms with Crippen molar-refractivity contribution in [3.63, 3.8) is 0 Å². The summed E-state index contributed by atoms with van der Waals surface area (Å²) in [4.78, 5) is 18.9. The maximum atomic E-state index is 12.1. The Labute approximate surface area is 149 Å². The number of carbonyl (C=O) groups excluding carboxylic acids is 1. The van der Waals surface area contributed by atoms with Crippen LogP contribution in [0.4, 0.5) is 5.82 Å². The molecule has 2 heterocycles. The van der Waals surface area contributed by atoms with E-state index in [1.807, 2.05) is 18.2 Å². The van der Waals surface area contributed by atoms with Gasteiger partial charge in [0.2, 0.25) is 0 Å². The minimum absolute atomic E-state index is 0.0463. The Morgan fingerprint density at radius 2 is 2.12 bits per heavy atom. The standard InChI is InChI=1S/C20H26N4O/c1-2-3-11-22-20(25)17-9-10-19(23-14-17)24-13-12-21-18(15-24)16-7-5-4-6-8-16/h4-10,14,18,21H,2-3,11-13,15H2,1H3,(H,22,25). The molecular formula is C20H26N4O. The van der Waals surface area contributed by atoms with Crippen molar-refractivity contribution in [1.82, 2.24) is 15.6 Å². The number of pyridine rings is 1. The molecule has 0 spiro atoms. The molecule has 5 heteroatoms. The third-order valence-corrected chi connectivity index (χ3v) is 4.53. The lowest BCUT2D eigenvalue weighted by Crippen LogP contribution is -2.46. The summed E-state index contributed by atoms with van der Waals surface area (Å²) in [6.45, 7) is 5.53. The molecule has 1 amide bonds. The van der Waals surface area contributed by atoms with E-state index in [0.717, 1.165) is 38.3 Å². The number of carbonyl (C=O) groups is 1. The van der Waals surface area contributed by atoms with Crippen molar-refractivity contribution >= 4 is 11.7 Å². The molecule has 2 aromatic rings. The fraction of sp³-hybridized carbons (Fsp3) is 0.400. The van der Waals surface area contributed by atoms with Crippen LogP contribution in [0.25, 0.3) is 0 Å². The minimum atomic E-state index is -0.0463. The van der Waals surface area contributed by atoms with E-state index in [1.165, 1.54) is 5.56 Å². The van der Waals surface area contributed by atoms with Crippen molar-refractivity contribution < 1.29 is 4.79 Å². The molecule has 5 nitrogen and oxygen atoms in total. The summed E-state index contributed by atoms with van der Waals surface area (Å²) in [5.41, 5.74) is 1.91. The summed E-state index contributed by atoms with van der Waals surface area (Å²) < 4.78 is 0. The number of aromatic nitrogens is 1. The summed E-state index contributed by atoms with van der Waals surface area (Å²) in [5.74, 6) is 0.877. The van der Waals surface area contributed by atoms with Gasteiger partial charge in [-0.05, 0) is 24.1 Å². The second-order valence-corrected chi connectivity index (χ2v) is 6.38. The van der Waals surface area contributed by atoms with Crippen molar-refractivity contribution in [2.45, 2.75) is 25.8 Å². The molecule has 1 atom stereocenters. The molecule has 1 aliphatic heterocycles. The van der Waals surface area contributed by atoms with Crippen LogP contribution in [0.3, 0.4) is 0 Å². The summed E-state index contributed by atoms with van der Waals surface area (Å²) >= 11 is 0. The Kier molecular flexibility index (Phi) is 6.01. The molecule has 2 N–H and O–H groups in total. The molecule has 1 fully saturated rings. The van der Waals surface area contributed by atoms with Crippen LogP contribution in [-0.4, -0.2) is 37.1 Å². The number of piperazine rings is 1. The maximum Gasteiger partial charge on any atom is 0.252 e. The summed E-state index contributed by atoms with van der Waals surface area (Å²) in [5, 5.41) is 6.48. The first-order valence-electron chi connectivity index (χ1n) is 9.05. The third-order valence-electron chi connectivity index (χ3n) is 4.53. The van der Waals surface area contributed by atoms with Gasteiger partial charge in [-0.2, -0.15) is 0 Å². The van der Waals surface area contributed by atoms with Crippen LogP contribution < -0.4 is 15.5 Å². The lowest BCUT2D eigenvalue weighted by atomic mass is 10.0. The van der Waals surface area contributed by atoms with E-state index in [9.17, 15) is 4.79 Å². The topological polar surface area (TPSA) is 57.3 Å². The van der Waals surface area contributed by atoms with Gasteiger partial charge in [0.1, 0.15) is 5.82 Å². The van der Waals surface area contributed by atoms with Crippen LogP contribution in [0.15, 0.2) is 48.7 Å². The van der Waals surface area contributed by atoms with Gasteiger partial charge >= 0.3 is 0 Å². The first kappa shape index (κ1) is 17.4. The van der Waals surface area contributed by atoms with Crippen LogP contribution in [0.1, 0.15) is 41.7 Å². The highest BCUT2D eigenvalue weighted by molar-refractivity contribution is 5.94. The van der Waals surface area contributed by atoms with E-state index in [4.69, 9.17) is 0 Å². The second-order valence-electron chi connectivity index (χ2n) is 6.38. The molecule has 1 aromatic carbocycles. The molecule has 1 aliphatic rings. The SMILES string of the molecule is CCCCNC(=O)c1ccc(N2CCNC(c3ccccc3)C2)nc1. The molecule has 0 aliphatic carbocycles. The predicted octanol–water partition coefficient (Wildman–Crippen LogP) is 2.76. The molecule has 132 valence electrons. The van der Waals surface area contributed by atoms with Gasteiger partial charge in [-0.15, -0.1) is 0 Å². The number of rotatable bonds is 6. The number of hydrogen-bond donors (Lipinski definition) is 2. The second kappa shape index (κ2) is 8.62. The van der Waals surface area contributed by atoms with Crippen molar-refractivity contribution in [3.05, 3.63) is 59.8 Å². The van der Waals surface area contributed by atoms with Crippen molar-refractivity contribution in [2.24, 2.45) is 0 Å². The summed E-state index contributed by atoms with van der Waals surface area (Å²) in [6.07, 6.45) is 3.75. The number of hydrogen-bond acceptors (Lipinski definition) is 4. The zero-order chi connectivity index (χ0) is 17.5. The van der Waals surface area contributed by atoms with Crippen LogP contribution in [0.2, 0.25) is 0 Å². The maximum absolute atomic E-state index is 12.1. The smallest absolute Gasteiger partial charge is 0.252 e. The lowest BCUT2D eigenvalue weighted by Gasteiger charge is -2.34. The average Bonchev–Trinajstić information content (AvgIpc) is 2.69. The molecule has 3 rings (SSSR count). The van der Waals surface area contributed by atoms with Crippen LogP contribution in [0, 0.1) is 0 Å². The Morgan fingerprint density at radius 1 is 1.28 bits per heavy atom. The highest BCUT2D eigenvalue weighted by Gasteiger charge is 2.21. The zero-order valence-electron chi connectivity index (χ0n) is 14.7. The average molecular weight is 338 g/mol. The van der Waals surface area contributed by atoms with E-state index in [2.05, 4.69) is 51.7 Å². The third kappa shape index (κ3) is 4.57. The number of benzene rings is 1. The number of unbranched alkanes of at least 4 members (excludes halogenated alkanes) is 1. The lowest BCUT2D eigenvalue weighted by molar-refractivity contribution is 0.0953. The van der Waals surface area contributed by atoms with Gasteiger partial charge in [0.05, 0.1) is 5.56 Å². The molecule has 1 saturated heterocycles. The van der Waals surface area contributed by atoms with E-state index < -0.39 is 0 Å². The van der Waals surface area contributed by atoms with Crippen molar-refractivity contribution in [3.8, 4) is 0 Å². The quantitative estimate of drug-likeness (QED) is 0.795. The normalized spacial score (nSPS) is 17.3. The van der Waals surface area contributed by atoms with E-state index in [0.29, 0.717) is 18.2 Å². The van der Waals surface area contributed by atoms with Gasteiger partial charge in [-0.3, -0.25) is 4.79 Å². The highest BCUT2D eigenvalue weighted by Crippen LogP contribution is 2.21. The largest absolute Gasteiger partial charge is 0.353 e.